The molecular formula is C17H15BF7NO. The molecule has 1 atom stereocenters. The second kappa shape index (κ2) is 8.02. The molecule has 3 rings (SSSR count). The van der Waals surface area contributed by atoms with E-state index in [9.17, 15) is 30.4 Å². The van der Waals surface area contributed by atoms with Crippen LogP contribution in [0.15, 0.2) is 40.8 Å². The van der Waals surface area contributed by atoms with Gasteiger partial charge in [-0.05, 0) is 44.2 Å². The van der Waals surface area contributed by atoms with Crippen molar-refractivity contribution in [3.05, 3.63) is 52.9 Å². The van der Waals surface area contributed by atoms with Crippen molar-refractivity contribution in [2.24, 2.45) is 0 Å². The van der Waals surface area contributed by atoms with E-state index < -0.39 is 20.0 Å². The highest BCUT2D eigenvalue weighted by molar-refractivity contribution is 6.50. The average Bonchev–Trinajstić information content (AvgIpc) is 2.54. The molecule has 10 heteroatoms. The molecule has 1 unspecified atom stereocenters. The Morgan fingerprint density at radius 2 is 1.56 bits per heavy atom. The van der Waals surface area contributed by atoms with Gasteiger partial charge in [0.2, 0.25) is 5.36 Å². The number of hydrogen-bond donors (Lipinski definition) is 1. The quantitative estimate of drug-likeness (QED) is 0.303. The highest BCUT2D eigenvalue weighted by atomic mass is 19.5. The van der Waals surface area contributed by atoms with Crippen molar-refractivity contribution in [2.75, 3.05) is 0 Å². The lowest BCUT2D eigenvalue weighted by Crippen LogP contribution is -2.84. The van der Waals surface area contributed by atoms with Crippen molar-refractivity contribution >= 4 is 18.2 Å². The van der Waals surface area contributed by atoms with E-state index in [0.717, 1.165) is 10.9 Å². The number of fused-ring (bicyclic) bond motifs is 2. The van der Waals surface area contributed by atoms with Gasteiger partial charge < -0.3 is 21.7 Å². The summed E-state index contributed by atoms with van der Waals surface area (Å²) >= 11 is 0. The van der Waals surface area contributed by atoms with E-state index in [-0.39, 0.29) is 0 Å². The predicted octanol–water partition coefficient (Wildman–Crippen LogP) is 4.00. The minimum absolute atomic E-state index is 0.331. The molecule has 0 fully saturated rings. The first kappa shape index (κ1) is 20.8. The molecule has 1 heterocycles. The van der Waals surface area contributed by atoms with Gasteiger partial charge in [0, 0.05) is 10.9 Å². The third kappa shape index (κ3) is 5.73. The molecule has 0 amide bonds. The fourth-order valence-corrected chi connectivity index (χ4v) is 2.48. The molecule has 0 saturated carbocycles. The summed E-state index contributed by atoms with van der Waals surface area (Å²) in [5, 5.41) is 1.17. The van der Waals surface area contributed by atoms with Gasteiger partial charge in [0.05, 0.1) is 5.56 Å². The maximum atomic E-state index is 13.4. The van der Waals surface area contributed by atoms with Crippen LogP contribution in [-0.4, -0.2) is 20.0 Å². The van der Waals surface area contributed by atoms with Gasteiger partial charge in [0.25, 0.3) is 0 Å². The van der Waals surface area contributed by atoms with E-state index in [1.807, 2.05) is 31.2 Å². The molecule has 0 aromatic heterocycles. The Morgan fingerprint density at radius 1 is 0.926 bits per heavy atom. The van der Waals surface area contributed by atoms with Gasteiger partial charge in [-0.2, -0.15) is 13.2 Å². The Balaban J connectivity index is 0.000000465. The summed E-state index contributed by atoms with van der Waals surface area (Å²) in [5.41, 5.74) is 3.01. The van der Waals surface area contributed by atoms with Gasteiger partial charge in [0.1, 0.15) is 11.3 Å². The van der Waals surface area contributed by atoms with Gasteiger partial charge in [-0.15, -0.1) is 0 Å². The second-order valence-corrected chi connectivity index (χ2v) is 5.83. The van der Waals surface area contributed by atoms with E-state index in [0.29, 0.717) is 27.8 Å². The van der Waals surface area contributed by atoms with Gasteiger partial charge >= 0.3 is 20.0 Å². The minimum atomic E-state index is -6.00. The first-order chi connectivity index (χ1) is 12.5. The van der Waals surface area contributed by atoms with Crippen molar-refractivity contribution in [2.45, 2.75) is 26.6 Å². The number of halogens is 7. The van der Waals surface area contributed by atoms with Crippen molar-refractivity contribution in [1.82, 2.24) is 0 Å². The zero-order valence-electron chi connectivity index (χ0n) is 14.3. The number of benzene rings is 2. The van der Waals surface area contributed by atoms with Crippen LogP contribution in [0.2, 0.25) is 0 Å². The van der Waals surface area contributed by atoms with Crippen LogP contribution >= 0.6 is 0 Å². The third-order valence-electron chi connectivity index (χ3n) is 3.60. The van der Waals surface area contributed by atoms with Crippen LogP contribution in [0.5, 0.6) is 0 Å². The Kier molecular flexibility index (Phi) is 6.17. The largest absolute Gasteiger partial charge is 0.673 e. The number of nitrogens with one attached hydrogen (secondary N) is 1. The van der Waals surface area contributed by atoms with Crippen molar-refractivity contribution in [3.63, 3.8) is 0 Å². The molecular weight excluding hydrogens is 378 g/mol. The first-order valence-corrected chi connectivity index (χ1v) is 7.78. The summed E-state index contributed by atoms with van der Waals surface area (Å²) < 4.78 is 83.2. The highest BCUT2D eigenvalue weighted by Gasteiger charge is 2.25. The Hall–Kier alpha value is -2.52. The zero-order chi connectivity index (χ0) is 20.4. The Morgan fingerprint density at radius 3 is 2.15 bits per heavy atom. The van der Waals surface area contributed by atoms with E-state index in [1.165, 1.54) is 0 Å². The molecule has 1 N–H and O–H groups in total. The standard InChI is InChI=1S/C17H14F3NO.BF4/c1-9-3-5-13-11(7-9)8-12-14(22-13)6-4-10(2)15(12)21-17(20)16(18)19;2-1(3,4)5/h3-8,16-17H,1-2H3;/q;-1/p+1. The van der Waals surface area contributed by atoms with E-state index in [2.05, 4.69) is 4.99 Å². The molecule has 27 heavy (non-hydrogen) atoms. The van der Waals surface area contributed by atoms with Crippen molar-refractivity contribution < 1.29 is 39.8 Å². The van der Waals surface area contributed by atoms with Crippen LogP contribution in [0.25, 0.3) is 22.3 Å². The summed E-state index contributed by atoms with van der Waals surface area (Å²) in [7, 11) is -6.00. The van der Waals surface area contributed by atoms with Crippen LogP contribution in [0, 0.1) is 13.8 Å². The summed E-state index contributed by atoms with van der Waals surface area (Å²) in [6.45, 7) is 3.69. The zero-order valence-corrected chi connectivity index (χ0v) is 14.3. The van der Waals surface area contributed by atoms with Gasteiger partial charge in [-0.1, -0.05) is 11.6 Å². The molecule has 1 aromatic rings. The summed E-state index contributed by atoms with van der Waals surface area (Å²) in [5.74, 6) is 0.519. The van der Waals surface area contributed by atoms with Crippen molar-refractivity contribution in [1.29, 1.82) is 0 Å². The van der Waals surface area contributed by atoms with Gasteiger partial charge in [-0.25, -0.2) is 4.99 Å². The summed E-state index contributed by atoms with van der Waals surface area (Å²) in [4.78, 5) is 2.26. The highest BCUT2D eigenvalue weighted by Crippen LogP contribution is 2.26. The number of aryl methyl sites for hydroxylation is 2. The minimum Gasteiger partial charge on any atom is -0.456 e. The lowest BCUT2D eigenvalue weighted by molar-refractivity contribution is -0.589. The molecule has 2 nitrogen and oxygen atoms in total. The Bertz CT molecular complexity index is 962. The monoisotopic (exact) mass is 393 g/mol. The van der Waals surface area contributed by atoms with Crippen LogP contribution in [-0.2, 0) is 0 Å². The third-order valence-corrected chi connectivity index (χ3v) is 3.60. The molecule has 2 aliphatic rings. The Labute approximate surface area is 149 Å². The first-order valence-electron chi connectivity index (χ1n) is 7.78. The molecule has 0 radical (unpaired) electrons. The van der Waals surface area contributed by atoms with Crippen LogP contribution < -0.4 is 10.3 Å². The number of alkyl halides is 3. The molecule has 1 aliphatic carbocycles. The normalized spacial score (nSPS) is 13.8. The lowest BCUT2D eigenvalue weighted by Gasteiger charge is -2.08. The lowest BCUT2D eigenvalue weighted by atomic mass is 10.0. The smallest absolute Gasteiger partial charge is 0.456 e. The second-order valence-electron chi connectivity index (χ2n) is 5.83. The maximum Gasteiger partial charge on any atom is 0.673 e. The molecule has 1 aromatic carbocycles. The van der Waals surface area contributed by atoms with E-state index in [4.69, 9.17) is 4.42 Å². The van der Waals surface area contributed by atoms with Crippen LogP contribution in [0.3, 0.4) is 0 Å². The fourth-order valence-electron chi connectivity index (χ4n) is 2.48. The van der Waals surface area contributed by atoms with Crippen LogP contribution in [0.1, 0.15) is 11.1 Å². The van der Waals surface area contributed by atoms with Crippen LogP contribution in [0.4, 0.5) is 30.4 Å². The SMILES string of the molecule is Cc1ccc2oc3ccc(C)c(=[NH+]C(F)C(F)F)c-3cc2c1.F[B-](F)(F)F. The number of rotatable bonds is 2. The molecule has 1 aliphatic heterocycles. The molecule has 0 saturated heterocycles. The summed E-state index contributed by atoms with van der Waals surface area (Å²) in [6.07, 6.45) is -5.51. The van der Waals surface area contributed by atoms with Crippen molar-refractivity contribution in [3.8, 4) is 11.3 Å². The van der Waals surface area contributed by atoms with E-state index >= 15 is 0 Å². The maximum absolute atomic E-state index is 13.4. The number of hydrogen-bond acceptors (Lipinski definition) is 1. The summed E-state index contributed by atoms with van der Waals surface area (Å²) in [6, 6.07) is 11.0. The fraction of sp³-hybridized carbons (Fsp3) is 0.235. The molecule has 146 valence electrons. The van der Waals surface area contributed by atoms with E-state index in [1.54, 1.807) is 19.1 Å². The average molecular weight is 393 g/mol. The van der Waals surface area contributed by atoms with Gasteiger partial charge in [0.15, 0.2) is 0 Å². The molecule has 0 bridgehead atoms. The topological polar surface area (TPSA) is 27.1 Å². The predicted molar refractivity (Wildman–Crippen MR) is 87.5 cm³/mol. The van der Waals surface area contributed by atoms with Gasteiger partial charge in [-0.3, -0.25) is 0 Å². The molecule has 0 spiro atoms.